The molecule has 1 aromatic heterocycles. The Hall–Kier alpha value is -2.90. The molecule has 0 saturated heterocycles. The molecular formula is C17H15F3N2O3. The van der Waals surface area contributed by atoms with Crippen molar-refractivity contribution >= 4 is 11.7 Å². The largest absolute Gasteiger partial charge is 0.417 e. The lowest BCUT2D eigenvalue weighted by molar-refractivity contribution is -0.138. The molecular weight excluding hydrogens is 337 g/mol. The molecule has 1 amide bonds. The maximum atomic E-state index is 12.7. The molecule has 25 heavy (non-hydrogen) atoms. The minimum atomic E-state index is -4.59. The maximum absolute atomic E-state index is 12.7. The summed E-state index contributed by atoms with van der Waals surface area (Å²) in [4.78, 5) is 34.7. The second-order valence-electron chi connectivity index (χ2n) is 5.41. The molecule has 0 atom stereocenters. The Morgan fingerprint density at radius 3 is 2.28 bits per heavy atom. The minimum absolute atomic E-state index is 0.191. The number of benzene rings is 1. The minimum Gasteiger partial charge on any atom is -0.352 e. The van der Waals surface area contributed by atoms with Gasteiger partial charge in [0.2, 0.25) is 5.91 Å². The number of ketones is 1. The second-order valence-corrected chi connectivity index (χ2v) is 5.41. The van der Waals surface area contributed by atoms with Gasteiger partial charge in [0.25, 0.3) is 5.56 Å². The number of halogens is 3. The third kappa shape index (κ3) is 5.03. The summed E-state index contributed by atoms with van der Waals surface area (Å²) in [7, 11) is 0. The van der Waals surface area contributed by atoms with Gasteiger partial charge in [-0.25, -0.2) is 0 Å². The topological polar surface area (TPSA) is 68.2 Å². The summed E-state index contributed by atoms with van der Waals surface area (Å²) in [5.41, 5.74) is -0.659. The molecule has 0 aliphatic rings. The standard InChI is InChI=1S/C17H15F3N2O3/c1-11(23)21-8-12-2-4-13(5-3-12)15(24)10-22-9-14(17(18,19)20)6-7-16(22)25/h2-7,9H,8,10H2,1H3,(H,21,23). The molecule has 1 aromatic carbocycles. The number of rotatable bonds is 5. The van der Waals surface area contributed by atoms with Crippen molar-refractivity contribution in [1.82, 2.24) is 9.88 Å². The highest BCUT2D eigenvalue weighted by atomic mass is 19.4. The average Bonchev–Trinajstić information content (AvgIpc) is 2.54. The van der Waals surface area contributed by atoms with E-state index in [1.807, 2.05) is 0 Å². The van der Waals surface area contributed by atoms with Crippen LogP contribution in [0.3, 0.4) is 0 Å². The van der Waals surface area contributed by atoms with Crippen molar-refractivity contribution in [1.29, 1.82) is 0 Å². The van der Waals surface area contributed by atoms with Crippen LogP contribution in [0.2, 0.25) is 0 Å². The number of nitrogens with zero attached hydrogens (tertiary/aromatic N) is 1. The zero-order chi connectivity index (χ0) is 18.6. The molecule has 0 saturated carbocycles. The highest BCUT2D eigenvalue weighted by Gasteiger charge is 2.31. The molecule has 2 rings (SSSR count). The number of alkyl halides is 3. The highest BCUT2D eigenvalue weighted by Crippen LogP contribution is 2.28. The van der Waals surface area contributed by atoms with Gasteiger partial charge in [0.15, 0.2) is 5.78 Å². The van der Waals surface area contributed by atoms with E-state index in [9.17, 15) is 27.6 Å². The summed E-state index contributed by atoms with van der Waals surface area (Å²) in [6, 6.07) is 7.71. The summed E-state index contributed by atoms with van der Waals surface area (Å²) in [5.74, 6) is -0.684. The van der Waals surface area contributed by atoms with Crippen LogP contribution in [0.1, 0.15) is 28.4 Å². The molecule has 0 spiro atoms. The average molecular weight is 352 g/mol. The first-order valence-corrected chi connectivity index (χ1v) is 7.31. The van der Waals surface area contributed by atoms with Crippen LogP contribution < -0.4 is 10.9 Å². The number of carbonyl (C=O) groups excluding carboxylic acids is 2. The Bertz CT molecular complexity index is 839. The first-order chi connectivity index (χ1) is 11.7. The summed E-state index contributed by atoms with van der Waals surface area (Å²) in [5, 5.41) is 2.60. The van der Waals surface area contributed by atoms with E-state index >= 15 is 0 Å². The van der Waals surface area contributed by atoms with Gasteiger partial charge in [0.05, 0.1) is 12.1 Å². The van der Waals surface area contributed by atoms with E-state index in [4.69, 9.17) is 0 Å². The van der Waals surface area contributed by atoms with Gasteiger partial charge in [-0.15, -0.1) is 0 Å². The number of amides is 1. The normalized spacial score (nSPS) is 11.2. The van der Waals surface area contributed by atoms with Crippen LogP contribution in [-0.4, -0.2) is 16.3 Å². The van der Waals surface area contributed by atoms with Crippen molar-refractivity contribution in [2.24, 2.45) is 0 Å². The van der Waals surface area contributed by atoms with E-state index in [1.165, 1.54) is 19.1 Å². The third-order valence-corrected chi connectivity index (χ3v) is 3.44. The Morgan fingerprint density at radius 1 is 1.08 bits per heavy atom. The Labute approximate surface area is 141 Å². The molecule has 8 heteroatoms. The summed E-state index contributed by atoms with van der Waals surface area (Å²) >= 11 is 0. The third-order valence-electron chi connectivity index (χ3n) is 3.44. The lowest BCUT2D eigenvalue weighted by atomic mass is 10.1. The van der Waals surface area contributed by atoms with Crippen LogP contribution >= 0.6 is 0 Å². The zero-order valence-electron chi connectivity index (χ0n) is 13.3. The molecule has 0 unspecified atom stereocenters. The number of nitrogens with one attached hydrogen (secondary N) is 1. The Kier molecular flexibility index (Phi) is 5.41. The van der Waals surface area contributed by atoms with Gasteiger partial charge < -0.3 is 9.88 Å². The summed E-state index contributed by atoms with van der Waals surface area (Å²) < 4.78 is 38.8. The van der Waals surface area contributed by atoms with Gasteiger partial charge in [-0.1, -0.05) is 24.3 Å². The van der Waals surface area contributed by atoms with Crippen molar-refractivity contribution in [3.63, 3.8) is 0 Å². The Balaban J connectivity index is 2.14. The second kappa shape index (κ2) is 7.33. The summed E-state index contributed by atoms with van der Waals surface area (Å²) in [6.07, 6.45) is -3.96. The quantitative estimate of drug-likeness (QED) is 0.840. The van der Waals surface area contributed by atoms with Crippen LogP contribution in [-0.2, 0) is 24.1 Å². The molecule has 5 nitrogen and oxygen atoms in total. The number of hydrogen-bond donors (Lipinski definition) is 1. The fourth-order valence-corrected chi connectivity index (χ4v) is 2.10. The lowest BCUT2D eigenvalue weighted by Gasteiger charge is -2.10. The first kappa shape index (κ1) is 18.4. The smallest absolute Gasteiger partial charge is 0.352 e. The zero-order valence-corrected chi connectivity index (χ0v) is 13.3. The fraction of sp³-hybridized carbons (Fsp3) is 0.235. The van der Waals surface area contributed by atoms with Gasteiger partial charge in [-0.2, -0.15) is 13.2 Å². The van der Waals surface area contributed by atoms with Gasteiger partial charge in [0.1, 0.15) is 0 Å². The van der Waals surface area contributed by atoms with Crippen molar-refractivity contribution in [3.05, 3.63) is 69.6 Å². The van der Waals surface area contributed by atoms with E-state index in [-0.39, 0.29) is 11.5 Å². The number of hydrogen-bond acceptors (Lipinski definition) is 3. The summed E-state index contributed by atoms with van der Waals surface area (Å²) in [6.45, 7) is 1.19. The maximum Gasteiger partial charge on any atom is 0.417 e. The molecule has 132 valence electrons. The van der Waals surface area contributed by atoms with Crippen molar-refractivity contribution in [2.75, 3.05) is 0 Å². The van der Waals surface area contributed by atoms with E-state index in [1.54, 1.807) is 12.1 Å². The van der Waals surface area contributed by atoms with Crippen LogP contribution in [0.25, 0.3) is 0 Å². The van der Waals surface area contributed by atoms with E-state index < -0.39 is 29.6 Å². The number of carbonyl (C=O) groups is 2. The first-order valence-electron chi connectivity index (χ1n) is 7.31. The van der Waals surface area contributed by atoms with E-state index in [0.29, 0.717) is 18.8 Å². The van der Waals surface area contributed by atoms with Crippen LogP contribution in [0.4, 0.5) is 13.2 Å². The molecule has 0 fully saturated rings. The predicted molar refractivity (Wildman–Crippen MR) is 84.0 cm³/mol. The number of aromatic nitrogens is 1. The molecule has 1 heterocycles. The SMILES string of the molecule is CC(=O)NCc1ccc(C(=O)Cn2cc(C(F)(F)F)ccc2=O)cc1. The highest BCUT2D eigenvalue weighted by molar-refractivity contribution is 5.95. The van der Waals surface area contributed by atoms with Crippen molar-refractivity contribution < 1.29 is 22.8 Å². The number of Topliss-reactive ketones (excluding diaryl/α,β-unsaturated/α-hetero) is 1. The molecule has 0 aliphatic carbocycles. The fourth-order valence-electron chi connectivity index (χ4n) is 2.10. The van der Waals surface area contributed by atoms with Gasteiger partial charge >= 0.3 is 6.18 Å². The molecule has 1 N–H and O–H groups in total. The number of pyridine rings is 1. The van der Waals surface area contributed by atoms with Gasteiger partial charge in [-0.3, -0.25) is 14.4 Å². The molecule has 0 bridgehead atoms. The van der Waals surface area contributed by atoms with E-state index in [2.05, 4.69) is 5.32 Å². The van der Waals surface area contributed by atoms with Gasteiger partial charge in [0, 0.05) is 31.3 Å². The van der Waals surface area contributed by atoms with Gasteiger partial charge in [-0.05, 0) is 11.6 Å². The lowest BCUT2D eigenvalue weighted by Crippen LogP contribution is -2.25. The monoisotopic (exact) mass is 352 g/mol. The molecule has 0 radical (unpaired) electrons. The van der Waals surface area contributed by atoms with Crippen LogP contribution in [0.5, 0.6) is 0 Å². The Morgan fingerprint density at radius 2 is 1.72 bits per heavy atom. The van der Waals surface area contributed by atoms with Crippen LogP contribution in [0, 0.1) is 0 Å². The van der Waals surface area contributed by atoms with Crippen molar-refractivity contribution in [3.8, 4) is 0 Å². The van der Waals surface area contributed by atoms with Crippen molar-refractivity contribution in [2.45, 2.75) is 26.2 Å². The molecule has 0 aliphatic heterocycles. The predicted octanol–water partition coefficient (Wildman–Crippen LogP) is 2.39. The van der Waals surface area contributed by atoms with Crippen LogP contribution in [0.15, 0.2) is 47.4 Å². The van der Waals surface area contributed by atoms with E-state index in [0.717, 1.165) is 16.2 Å². The molecule has 2 aromatic rings.